The molecule has 0 radical (unpaired) electrons. The van der Waals surface area contributed by atoms with Gasteiger partial charge in [0.25, 0.3) is 0 Å². The van der Waals surface area contributed by atoms with Crippen molar-refractivity contribution < 1.29 is 4.74 Å². The zero-order valence-electron chi connectivity index (χ0n) is 13.0. The Hall–Kier alpha value is -1.36. The fourth-order valence-corrected chi connectivity index (χ4v) is 2.43. The van der Waals surface area contributed by atoms with Crippen LogP contribution in [-0.4, -0.2) is 16.1 Å². The van der Waals surface area contributed by atoms with E-state index in [1.54, 1.807) is 0 Å². The van der Waals surface area contributed by atoms with Crippen LogP contribution in [0.15, 0.2) is 0 Å². The van der Waals surface area contributed by atoms with Gasteiger partial charge in [0.2, 0.25) is 5.88 Å². The lowest BCUT2D eigenvalue weighted by Crippen LogP contribution is -2.24. The van der Waals surface area contributed by atoms with Gasteiger partial charge in [0.05, 0.1) is 5.56 Å². The molecule has 1 aromatic rings. The van der Waals surface area contributed by atoms with Crippen LogP contribution in [0.2, 0.25) is 0 Å². The van der Waals surface area contributed by atoms with Gasteiger partial charge in [0.15, 0.2) is 5.82 Å². The van der Waals surface area contributed by atoms with Crippen molar-refractivity contribution in [1.29, 1.82) is 0 Å². The minimum Gasteiger partial charge on any atom is -0.474 e. The molecule has 0 saturated heterocycles. The van der Waals surface area contributed by atoms with Gasteiger partial charge >= 0.3 is 0 Å². The lowest BCUT2D eigenvalue weighted by atomic mass is 9.95. The summed E-state index contributed by atoms with van der Waals surface area (Å²) in [5.74, 6) is 7.64. The van der Waals surface area contributed by atoms with E-state index in [0.29, 0.717) is 11.7 Å². The summed E-state index contributed by atoms with van der Waals surface area (Å²) in [7, 11) is 0. The highest BCUT2D eigenvalue weighted by atomic mass is 16.5. The molecule has 0 amide bonds. The van der Waals surface area contributed by atoms with Gasteiger partial charge in [-0.05, 0) is 32.6 Å². The van der Waals surface area contributed by atoms with Gasteiger partial charge in [-0.2, -0.15) is 4.98 Å². The molecule has 0 spiro atoms. The summed E-state index contributed by atoms with van der Waals surface area (Å²) in [4.78, 5) is 9.11. The molecule has 5 nitrogen and oxygen atoms in total. The zero-order valence-corrected chi connectivity index (χ0v) is 13.0. The summed E-state index contributed by atoms with van der Waals surface area (Å²) in [6.45, 7) is 8.20. The summed E-state index contributed by atoms with van der Waals surface area (Å²) in [5.41, 5.74) is 3.40. The van der Waals surface area contributed by atoms with Crippen molar-refractivity contribution in [2.75, 3.05) is 5.43 Å². The number of nitrogen functional groups attached to an aromatic ring is 1. The Morgan fingerprint density at radius 3 is 2.35 bits per heavy atom. The molecule has 0 aliphatic heterocycles. The monoisotopic (exact) mass is 278 g/mol. The molecular weight excluding hydrogens is 252 g/mol. The van der Waals surface area contributed by atoms with Crippen LogP contribution in [0.3, 0.4) is 0 Å². The summed E-state index contributed by atoms with van der Waals surface area (Å²) in [6.07, 6.45) is 6.28. The van der Waals surface area contributed by atoms with E-state index < -0.39 is 0 Å². The van der Waals surface area contributed by atoms with Gasteiger partial charge < -0.3 is 10.2 Å². The third-order valence-electron chi connectivity index (χ3n) is 3.74. The number of hydrazine groups is 1. The predicted molar refractivity (Wildman–Crippen MR) is 80.8 cm³/mol. The summed E-state index contributed by atoms with van der Waals surface area (Å²) < 4.78 is 6.12. The van der Waals surface area contributed by atoms with E-state index in [4.69, 9.17) is 10.6 Å². The highest BCUT2D eigenvalue weighted by Gasteiger charge is 2.23. The zero-order chi connectivity index (χ0) is 14.8. The second-order valence-electron chi connectivity index (χ2n) is 6.60. The molecule has 1 aliphatic carbocycles. The molecule has 0 atom stereocenters. The standard InChI is InChI=1S/C15H26N4O/c1-10-12(19-16)17-14(15(2,3)4)18-13(10)20-11-8-6-5-7-9-11/h11H,5-9,16H2,1-4H3,(H,17,18,19). The minimum absolute atomic E-state index is 0.135. The number of aromatic nitrogens is 2. The molecule has 3 N–H and O–H groups in total. The third-order valence-corrected chi connectivity index (χ3v) is 3.74. The fraction of sp³-hybridized carbons (Fsp3) is 0.733. The smallest absolute Gasteiger partial charge is 0.222 e. The van der Waals surface area contributed by atoms with Gasteiger partial charge in [0.1, 0.15) is 11.9 Å². The fourth-order valence-electron chi connectivity index (χ4n) is 2.43. The van der Waals surface area contributed by atoms with E-state index in [-0.39, 0.29) is 11.5 Å². The van der Waals surface area contributed by atoms with E-state index in [1.165, 1.54) is 19.3 Å². The van der Waals surface area contributed by atoms with E-state index >= 15 is 0 Å². The van der Waals surface area contributed by atoms with Gasteiger partial charge in [-0.15, -0.1) is 0 Å². The summed E-state index contributed by atoms with van der Waals surface area (Å²) >= 11 is 0. The van der Waals surface area contributed by atoms with Gasteiger partial charge in [0, 0.05) is 5.41 Å². The maximum absolute atomic E-state index is 6.12. The molecule has 0 unspecified atom stereocenters. The van der Waals surface area contributed by atoms with Crippen LogP contribution in [0.4, 0.5) is 5.82 Å². The topological polar surface area (TPSA) is 73.1 Å². The summed E-state index contributed by atoms with van der Waals surface area (Å²) in [6, 6.07) is 0. The maximum Gasteiger partial charge on any atom is 0.222 e. The molecule has 1 aliphatic rings. The molecule has 1 aromatic heterocycles. The van der Waals surface area contributed by atoms with Crippen LogP contribution >= 0.6 is 0 Å². The van der Waals surface area contributed by atoms with E-state index in [1.807, 2.05) is 6.92 Å². The van der Waals surface area contributed by atoms with Gasteiger partial charge in [-0.25, -0.2) is 10.8 Å². The van der Waals surface area contributed by atoms with Crippen LogP contribution in [0.25, 0.3) is 0 Å². The van der Waals surface area contributed by atoms with Crippen molar-refractivity contribution in [2.24, 2.45) is 5.84 Å². The molecule has 0 aromatic carbocycles. The van der Waals surface area contributed by atoms with Crippen LogP contribution < -0.4 is 16.0 Å². The lowest BCUT2D eigenvalue weighted by Gasteiger charge is -2.25. The Bertz CT molecular complexity index is 462. The number of anilines is 1. The van der Waals surface area contributed by atoms with Crippen molar-refractivity contribution in [2.45, 2.75) is 71.3 Å². The molecule has 2 rings (SSSR count). The molecule has 1 heterocycles. The number of hydrogen-bond acceptors (Lipinski definition) is 5. The Balaban J connectivity index is 2.30. The van der Waals surface area contributed by atoms with Crippen molar-refractivity contribution in [3.05, 3.63) is 11.4 Å². The number of nitrogens with one attached hydrogen (secondary N) is 1. The first-order valence-corrected chi connectivity index (χ1v) is 7.44. The van der Waals surface area contributed by atoms with E-state index in [0.717, 1.165) is 24.2 Å². The minimum atomic E-state index is -0.135. The number of rotatable bonds is 3. The van der Waals surface area contributed by atoms with E-state index in [9.17, 15) is 0 Å². The first-order chi connectivity index (χ1) is 9.41. The van der Waals surface area contributed by atoms with Gasteiger partial charge in [-0.1, -0.05) is 27.2 Å². The van der Waals surface area contributed by atoms with Gasteiger partial charge in [-0.3, -0.25) is 0 Å². The number of hydrogen-bond donors (Lipinski definition) is 2. The Morgan fingerprint density at radius 1 is 1.15 bits per heavy atom. The Kier molecular flexibility index (Phi) is 4.48. The van der Waals surface area contributed by atoms with Crippen LogP contribution in [0.5, 0.6) is 5.88 Å². The van der Waals surface area contributed by atoms with Crippen LogP contribution in [0.1, 0.15) is 64.3 Å². The molecule has 1 fully saturated rings. The maximum atomic E-state index is 6.12. The Morgan fingerprint density at radius 2 is 1.80 bits per heavy atom. The van der Waals surface area contributed by atoms with Crippen LogP contribution in [-0.2, 0) is 5.41 Å². The number of nitrogens with zero attached hydrogens (tertiary/aromatic N) is 2. The molecule has 0 bridgehead atoms. The largest absolute Gasteiger partial charge is 0.474 e. The van der Waals surface area contributed by atoms with Crippen molar-refractivity contribution in [3.63, 3.8) is 0 Å². The van der Waals surface area contributed by atoms with Crippen LogP contribution in [0, 0.1) is 6.92 Å². The highest BCUT2D eigenvalue weighted by molar-refractivity contribution is 5.48. The second kappa shape index (κ2) is 5.95. The van der Waals surface area contributed by atoms with Crippen molar-refractivity contribution in [1.82, 2.24) is 9.97 Å². The quantitative estimate of drug-likeness (QED) is 0.656. The van der Waals surface area contributed by atoms with Crippen molar-refractivity contribution >= 4 is 5.82 Å². The molecule has 1 saturated carbocycles. The molecule has 20 heavy (non-hydrogen) atoms. The molecular formula is C15H26N4O. The number of nitrogens with two attached hydrogens (primary N) is 1. The number of ether oxygens (including phenoxy) is 1. The first kappa shape index (κ1) is 15.0. The van der Waals surface area contributed by atoms with Crippen molar-refractivity contribution in [3.8, 4) is 5.88 Å². The highest BCUT2D eigenvalue weighted by Crippen LogP contribution is 2.30. The first-order valence-electron chi connectivity index (χ1n) is 7.44. The summed E-state index contributed by atoms with van der Waals surface area (Å²) in [5, 5.41) is 0. The molecule has 112 valence electrons. The average molecular weight is 278 g/mol. The average Bonchev–Trinajstić information content (AvgIpc) is 2.41. The third kappa shape index (κ3) is 3.39. The van der Waals surface area contributed by atoms with E-state index in [2.05, 4.69) is 36.2 Å². The normalized spacial score (nSPS) is 17.1. The Labute approximate surface area is 121 Å². The molecule has 5 heteroatoms. The SMILES string of the molecule is Cc1c(NN)nc(C(C)(C)C)nc1OC1CCCCC1. The predicted octanol–water partition coefficient (Wildman–Crippen LogP) is 3.08. The lowest BCUT2D eigenvalue weighted by molar-refractivity contribution is 0.146. The second-order valence-corrected chi connectivity index (χ2v) is 6.60.